The Kier molecular flexibility index (Phi) is 6.76. The van der Waals surface area contributed by atoms with Crippen molar-refractivity contribution in [3.63, 3.8) is 0 Å². The highest BCUT2D eigenvalue weighted by atomic mass is 32.1. The molecule has 56 heavy (non-hydrogen) atoms. The van der Waals surface area contributed by atoms with Crippen molar-refractivity contribution in [2.24, 2.45) is 0 Å². The van der Waals surface area contributed by atoms with Crippen LogP contribution < -0.4 is 0 Å². The van der Waals surface area contributed by atoms with E-state index in [0.29, 0.717) is 17.5 Å². The SMILES string of the molecule is c1ccc(-c2nc(-c3ccccc3)nc(-c3cc4ccccc4c4sc5ccc(-n6c7cc8ccccc8cc7c7ccc8ccccc8c76)cc5c34)n2)cc1. The fraction of sp³-hybridized carbons (Fsp3) is 0. The first-order valence-corrected chi connectivity index (χ1v) is 19.7. The van der Waals surface area contributed by atoms with Gasteiger partial charge in [-0.3, -0.25) is 0 Å². The van der Waals surface area contributed by atoms with Crippen molar-refractivity contribution >= 4 is 85.6 Å². The molecule has 0 radical (unpaired) electrons. The Morgan fingerprint density at radius 3 is 1.73 bits per heavy atom. The van der Waals surface area contributed by atoms with Crippen molar-refractivity contribution in [3.8, 4) is 39.9 Å². The van der Waals surface area contributed by atoms with Crippen molar-refractivity contribution in [2.75, 3.05) is 0 Å². The van der Waals surface area contributed by atoms with Crippen LogP contribution in [0.4, 0.5) is 0 Å². The van der Waals surface area contributed by atoms with Gasteiger partial charge in [-0.25, -0.2) is 15.0 Å². The molecule has 0 aliphatic rings. The number of fused-ring (bicyclic) bond motifs is 11. The topological polar surface area (TPSA) is 43.6 Å². The maximum Gasteiger partial charge on any atom is 0.164 e. The van der Waals surface area contributed by atoms with Crippen molar-refractivity contribution in [1.82, 2.24) is 19.5 Å². The van der Waals surface area contributed by atoms with E-state index >= 15 is 0 Å². The molecular formula is C51H30N4S. The van der Waals surface area contributed by atoms with Gasteiger partial charge in [0, 0.05) is 58.7 Å². The number of nitrogens with zero attached hydrogens (tertiary/aromatic N) is 4. The Hall–Kier alpha value is -7.21. The molecule has 0 aliphatic carbocycles. The van der Waals surface area contributed by atoms with Crippen molar-refractivity contribution in [1.29, 1.82) is 0 Å². The molecule has 3 heterocycles. The first-order valence-electron chi connectivity index (χ1n) is 18.9. The van der Waals surface area contributed by atoms with Crippen molar-refractivity contribution in [2.45, 2.75) is 0 Å². The average Bonchev–Trinajstić information content (AvgIpc) is 3.81. The smallest absolute Gasteiger partial charge is 0.164 e. The highest BCUT2D eigenvalue weighted by Crippen LogP contribution is 2.46. The number of hydrogen-bond acceptors (Lipinski definition) is 4. The summed E-state index contributed by atoms with van der Waals surface area (Å²) in [5.74, 6) is 1.97. The van der Waals surface area contributed by atoms with E-state index in [0.717, 1.165) is 33.2 Å². The molecule has 0 saturated heterocycles. The zero-order valence-corrected chi connectivity index (χ0v) is 30.8. The summed E-state index contributed by atoms with van der Waals surface area (Å²) in [6.45, 7) is 0. The minimum absolute atomic E-state index is 0.653. The largest absolute Gasteiger partial charge is 0.309 e. The fourth-order valence-corrected chi connectivity index (χ4v) is 9.82. The predicted octanol–water partition coefficient (Wildman–Crippen LogP) is 13.8. The minimum atomic E-state index is 0.653. The number of aromatic nitrogens is 4. The zero-order chi connectivity index (χ0) is 36.7. The molecule has 5 heteroatoms. The molecule has 12 aromatic rings. The zero-order valence-electron chi connectivity index (χ0n) is 30.0. The highest BCUT2D eigenvalue weighted by Gasteiger charge is 2.21. The van der Waals surface area contributed by atoms with Crippen LogP contribution in [-0.2, 0) is 0 Å². The van der Waals surface area contributed by atoms with Crippen molar-refractivity contribution < 1.29 is 0 Å². The van der Waals surface area contributed by atoms with E-state index in [1.807, 2.05) is 47.7 Å². The van der Waals surface area contributed by atoms with Crippen LogP contribution in [0.3, 0.4) is 0 Å². The van der Waals surface area contributed by atoms with E-state index in [4.69, 9.17) is 15.0 Å². The van der Waals surface area contributed by atoms with Crippen LogP contribution in [0.15, 0.2) is 182 Å². The summed E-state index contributed by atoms with van der Waals surface area (Å²) in [5, 5.41) is 12.1. The summed E-state index contributed by atoms with van der Waals surface area (Å²) in [7, 11) is 0. The van der Waals surface area contributed by atoms with Gasteiger partial charge in [0.2, 0.25) is 0 Å². The first-order chi connectivity index (χ1) is 27.7. The molecule has 0 fully saturated rings. The van der Waals surface area contributed by atoms with Crippen LogP contribution in [0.2, 0.25) is 0 Å². The number of thiophene rings is 1. The molecule has 0 unspecified atom stereocenters. The highest BCUT2D eigenvalue weighted by molar-refractivity contribution is 7.26. The molecule has 9 aromatic carbocycles. The van der Waals surface area contributed by atoms with Crippen LogP contribution in [0.5, 0.6) is 0 Å². The second-order valence-corrected chi connectivity index (χ2v) is 15.5. The van der Waals surface area contributed by atoms with E-state index in [2.05, 4.69) is 150 Å². The van der Waals surface area contributed by atoms with Crippen LogP contribution in [0.25, 0.3) is 114 Å². The maximum absolute atomic E-state index is 5.24. The van der Waals surface area contributed by atoms with Crippen LogP contribution in [-0.4, -0.2) is 19.5 Å². The lowest BCUT2D eigenvalue weighted by molar-refractivity contribution is 1.08. The second-order valence-electron chi connectivity index (χ2n) is 14.4. The Bertz CT molecular complexity index is 3470. The van der Waals surface area contributed by atoms with Gasteiger partial charge in [0.25, 0.3) is 0 Å². The Morgan fingerprint density at radius 1 is 0.393 bits per heavy atom. The quantitative estimate of drug-likeness (QED) is 0.181. The standard InChI is InChI=1S/C51H30N4S/c1-3-14-32(15-4-1)49-52-50(33-16-5-2-6-17-33)54-51(53-49)43-28-36-20-10-12-22-39(36)48-46(43)42-30-37(24-26-45(42)56-48)55-44-29-35-19-8-7-18-34(35)27-41(44)40-25-23-31-13-9-11-21-38(31)47(40)55/h1-30H. The average molecular weight is 731 g/mol. The molecule has 0 bridgehead atoms. The Labute approximate surface area is 325 Å². The van der Waals surface area contributed by atoms with E-state index in [-0.39, 0.29) is 0 Å². The third kappa shape index (κ3) is 4.75. The summed E-state index contributed by atoms with van der Waals surface area (Å²) in [5.41, 5.74) is 6.43. The maximum atomic E-state index is 5.24. The first kappa shape index (κ1) is 31.2. The molecular weight excluding hydrogens is 701 g/mol. The predicted molar refractivity (Wildman–Crippen MR) is 236 cm³/mol. The van der Waals surface area contributed by atoms with Gasteiger partial charge in [0.05, 0.1) is 11.0 Å². The van der Waals surface area contributed by atoms with Gasteiger partial charge < -0.3 is 4.57 Å². The molecule has 12 rings (SSSR count). The molecule has 0 amide bonds. The summed E-state index contributed by atoms with van der Waals surface area (Å²) in [6, 6.07) is 65.0. The summed E-state index contributed by atoms with van der Waals surface area (Å²) in [4.78, 5) is 15.5. The molecule has 0 atom stereocenters. The van der Waals surface area contributed by atoms with Gasteiger partial charge >= 0.3 is 0 Å². The number of benzene rings is 9. The molecule has 0 N–H and O–H groups in total. The molecule has 0 aliphatic heterocycles. The molecule has 260 valence electrons. The minimum Gasteiger partial charge on any atom is -0.309 e. The van der Waals surface area contributed by atoms with Crippen LogP contribution in [0, 0.1) is 0 Å². The number of rotatable bonds is 4. The third-order valence-corrected chi connectivity index (χ3v) is 12.4. The van der Waals surface area contributed by atoms with E-state index in [1.165, 1.54) is 63.5 Å². The lowest BCUT2D eigenvalue weighted by atomic mass is 9.99. The van der Waals surface area contributed by atoms with Crippen LogP contribution in [0.1, 0.15) is 0 Å². The summed E-state index contributed by atoms with van der Waals surface area (Å²) < 4.78 is 4.93. The van der Waals surface area contributed by atoms with Gasteiger partial charge in [0.1, 0.15) is 0 Å². The lowest BCUT2D eigenvalue weighted by Gasteiger charge is -2.12. The van der Waals surface area contributed by atoms with E-state index in [1.54, 1.807) is 0 Å². The second kappa shape index (κ2) is 12.2. The fourth-order valence-electron chi connectivity index (χ4n) is 8.58. The molecule has 4 nitrogen and oxygen atoms in total. The van der Waals surface area contributed by atoms with Crippen LogP contribution >= 0.6 is 11.3 Å². The molecule has 0 spiro atoms. The molecule has 0 saturated carbocycles. The monoisotopic (exact) mass is 730 g/mol. The van der Waals surface area contributed by atoms with Gasteiger partial charge in [-0.15, -0.1) is 11.3 Å². The summed E-state index contributed by atoms with van der Waals surface area (Å²) in [6.07, 6.45) is 0. The van der Waals surface area contributed by atoms with Gasteiger partial charge in [-0.2, -0.15) is 0 Å². The normalized spacial score (nSPS) is 11.9. The molecule has 3 aromatic heterocycles. The number of hydrogen-bond donors (Lipinski definition) is 0. The van der Waals surface area contributed by atoms with Gasteiger partial charge in [-0.05, 0) is 63.3 Å². The van der Waals surface area contributed by atoms with Gasteiger partial charge in [-0.1, -0.05) is 146 Å². The van der Waals surface area contributed by atoms with Crippen molar-refractivity contribution in [3.05, 3.63) is 182 Å². The lowest BCUT2D eigenvalue weighted by Crippen LogP contribution is -2.00. The Morgan fingerprint density at radius 2 is 1.00 bits per heavy atom. The third-order valence-electron chi connectivity index (χ3n) is 11.2. The van der Waals surface area contributed by atoms with E-state index in [9.17, 15) is 0 Å². The van der Waals surface area contributed by atoms with Gasteiger partial charge in [0.15, 0.2) is 17.5 Å². The summed E-state index contributed by atoms with van der Waals surface area (Å²) >= 11 is 1.84. The Balaban J connectivity index is 1.19. The van der Waals surface area contributed by atoms with E-state index < -0.39 is 0 Å².